The molecule has 5 nitrogen and oxygen atoms in total. The van der Waals surface area contributed by atoms with Crippen LogP contribution in [0.1, 0.15) is 6.92 Å². The first-order chi connectivity index (χ1) is 6.20. The van der Waals surface area contributed by atoms with E-state index in [0.717, 1.165) is 5.69 Å². The maximum absolute atomic E-state index is 9.51. The molecule has 0 bridgehead atoms. The largest absolute Gasteiger partial charge is 0.388 e. The smallest absolute Gasteiger partial charge is 0.102 e. The summed E-state index contributed by atoms with van der Waals surface area (Å²) in [6.07, 6.45) is 2.10. The van der Waals surface area contributed by atoms with Crippen LogP contribution in [0.3, 0.4) is 0 Å². The third-order valence-electron chi connectivity index (χ3n) is 2.58. The summed E-state index contributed by atoms with van der Waals surface area (Å²) in [7, 11) is 0. The lowest BCUT2D eigenvalue weighted by Gasteiger charge is -2.22. The molecule has 3 unspecified atom stereocenters. The lowest BCUT2D eigenvalue weighted by molar-refractivity contribution is 0.0438. The molecule has 1 aliphatic heterocycles. The minimum atomic E-state index is -0.671. The second-order valence-electron chi connectivity index (χ2n) is 3.41. The molecule has 13 heavy (non-hydrogen) atoms. The summed E-state index contributed by atoms with van der Waals surface area (Å²) >= 11 is 0. The molecular weight excluding hydrogens is 170 g/mol. The van der Waals surface area contributed by atoms with Gasteiger partial charge in [0.05, 0.1) is 24.0 Å². The van der Waals surface area contributed by atoms with Crippen LogP contribution < -0.4 is 4.90 Å². The Bertz CT molecular complexity index is 275. The van der Waals surface area contributed by atoms with Gasteiger partial charge in [0.1, 0.15) is 6.10 Å². The number of hydrogen-bond acceptors (Lipinski definition) is 4. The lowest BCUT2D eigenvalue weighted by Crippen LogP contribution is -2.32. The fraction of sp³-hybridized carbons (Fsp3) is 0.625. The van der Waals surface area contributed by atoms with E-state index in [2.05, 4.69) is 10.2 Å². The fourth-order valence-corrected chi connectivity index (χ4v) is 1.72. The van der Waals surface area contributed by atoms with Crippen LogP contribution in [0.5, 0.6) is 0 Å². The van der Waals surface area contributed by atoms with Crippen LogP contribution in [0.25, 0.3) is 0 Å². The van der Waals surface area contributed by atoms with Crippen molar-refractivity contribution in [3.8, 4) is 0 Å². The van der Waals surface area contributed by atoms with Crippen molar-refractivity contribution in [1.29, 1.82) is 0 Å². The molecule has 0 spiro atoms. The molecule has 0 radical (unpaired) electrons. The minimum absolute atomic E-state index is 0.0624. The molecule has 72 valence electrons. The number of aliphatic hydroxyl groups is 2. The van der Waals surface area contributed by atoms with E-state index in [0.29, 0.717) is 6.54 Å². The third kappa shape index (κ3) is 1.30. The Balaban J connectivity index is 2.19. The van der Waals surface area contributed by atoms with Gasteiger partial charge in [-0.25, -0.2) is 0 Å². The van der Waals surface area contributed by atoms with Crippen LogP contribution in [-0.4, -0.2) is 45.2 Å². The summed E-state index contributed by atoms with van der Waals surface area (Å²) < 4.78 is 0. The van der Waals surface area contributed by atoms with Crippen LogP contribution in [0.2, 0.25) is 0 Å². The highest BCUT2D eigenvalue weighted by atomic mass is 16.3. The van der Waals surface area contributed by atoms with Gasteiger partial charge in [-0.3, -0.25) is 5.10 Å². The van der Waals surface area contributed by atoms with E-state index in [-0.39, 0.29) is 6.04 Å². The predicted molar refractivity (Wildman–Crippen MR) is 47.4 cm³/mol. The molecule has 2 heterocycles. The lowest BCUT2D eigenvalue weighted by atomic mass is 10.2. The van der Waals surface area contributed by atoms with Crippen molar-refractivity contribution in [3.05, 3.63) is 12.4 Å². The topological polar surface area (TPSA) is 72.4 Å². The van der Waals surface area contributed by atoms with Crippen molar-refractivity contribution in [2.24, 2.45) is 0 Å². The van der Waals surface area contributed by atoms with Crippen molar-refractivity contribution in [1.82, 2.24) is 10.2 Å². The second kappa shape index (κ2) is 3.01. The van der Waals surface area contributed by atoms with Gasteiger partial charge in [0, 0.05) is 12.7 Å². The summed E-state index contributed by atoms with van der Waals surface area (Å²) in [4.78, 5) is 1.93. The van der Waals surface area contributed by atoms with Gasteiger partial charge in [-0.2, -0.15) is 5.10 Å². The fourth-order valence-electron chi connectivity index (χ4n) is 1.72. The molecule has 2 rings (SSSR count). The number of nitrogens with one attached hydrogen (secondary N) is 1. The highest BCUT2D eigenvalue weighted by Gasteiger charge is 2.37. The molecule has 3 atom stereocenters. The Kier molecular flexibility index (Phi) is 1.97. The molecule has 0 aromatic carbocycles. The quantitative estimate of drug-likeness (QED) is 0.540. The van der Waals surface area contributed by atoms with E-state index in [1.165, 1.54) is 0 Å². The second-order valence-corrected chi connectivity index (χ2v) is 3.41. The molecular formula is C8H13N3O2. The van der Waals surface area contributed by atoms with Crippen LogP contribution in [0.4, 0.5) is 5.69 Å². The van der Waals surface area contributed by atoms with E-state index in [1.54, 1.807) is 12.4 Å². The highest BCUT2D eigenvalue weighted by Crippen LogP contribution is 2.24. The standard InChI is InChI=1S/C8H13N3O2/c1-5-8(13)7(12)4-11(5)6-2-9-10-3-6/h2-3,5,7-8,12-13H,4H2,1H3,(H,9,10). The first kappa shape index (κ1) is 8.52. The van der Waals surface area contributed by atoms with Crippen molar-refractivity contribution in [2.45, 2.75) is 25.2 Å². The molecule has 1 fully saturated rings. The van der Waals surface area contributed by atoms with Crippen LogP contribution >= 0.6 is 0 Å². The van der Waals surface area contributed by atoms with Gasteiger partial charge < -0.3 is 15.1 Å². The van der Waals surface area contributed by atoms with E-state index in [1.807, 2.05) is 11.8 Å². The summed E-state index contributed by atoms with van der Waals surface area (Å²) in [5.74, 6) is 0. The van der Waals surface area contributed by atoms with Gasteiger partial charge >= 0.3 is 0 Å². The first-order valence-corrected chi connectivity index (χ1v) is 4.31. The van der Waals surface area contributed by atoms with Gasteiger partial charge in [0.15, 0.2) is 0 Å². The van der Waals surface area contributed by atoms with E-state index in [4.69, 9.17) is 0 Å². The number of hydrogen-bond donors (Lipinski definition) is 3. The number of H-pyrrole nitrogens is 1. The molecule has 1 aromatic heterocycles. The minimum Gasteiger partial charge on any atom is -0.388 e. The Morgan fingerprint density at radius 1 is 1.62 bits per heavy atom. The summed E-state index contributed by atoms with van der Waals surface area (Å²) in [6.45, 7) is 2.34. The molecule has 1 aromatic rings. The number of β-amino-alcohol motifs (C(OH)–C–C–N with tert-alkyl or cyclic N) is 1. The van der Waals surface area contributed by atoms with Crippen LogP contribution in [0.15, 0.2) is 12.4 Å². The Morgan fingerprint density at radius 3 is 2.85 bits per heavy atom. The maximum atomic E-state index is 9.51. The number of aliphatic hydroxyl groups excluding tert-OH is 2. The predicted octanol–water partition coefficient (Wildman–Crippen LogP) is -0.660. The summed E-state index contributed by atoms with van der Waals surface area (Å²) in [5, 5.41) is 25.5. The molecule has 0 amide bonds. The Labute approximate surface area is 76.0 Å². The molecule has 3 N–H and O–H groups in total. The average Bonchev–Trinajstić information content (AvgIpc) is 2.70. The van der Waals surface area contributed by atoms with E-state index >= 15 is 0 Å². The molecule has 5 heteroatoms. The van der Waals surface area contributed by atoms with Crippen molar-refractivity contribution in [3.63, 3.8) is 0 Å². The number of aromatic amines is 1. The average molecular weight is 183 g/mol. The zero-order chi connectivity index (χ0) is 9.42. The SMILES string of the molecule is CC1C(O)C(O)CN1c1cn[nH]c1. The third-order valence-corrected chi connectivity index (χ3v) is 2.58. The van der Waals surface area contributed by atoms with E-state index < -0.39 is 12.2 Å². The van der Waals surface area contributed by atoms with Crippen molar-refractivity contribution < 1.29 is 10.2 Å². The summed E-state index contributed by atoms with van der Waals surface area (Å²) in [6, 6.07) is -0.0624. The van der Waals surface area contributed by atoms with Crippen LogP contribution in [0, 0.1) is 0 Å². The maximum Gasteiger partial charge on any atom is 0.102 e. The zero-order valence-electron chi connectivity index (χ0n) is 7.38. The van der Waals surface area contributed by atoms with Crippen molar-refractivity contribution in [2.75, 3.05) is 11.4 Å². The highest BCUT2D eigenvalue weighted by molar-refractivity contribution is 5.45. The first-order valence-electron chi connectivity index (χ1n) is 4.31. The molecule has 0 saturated carbocycles. The zero-order valence-corrected chi connectivity index (χ0v) is 7.38. The monoisotopic (exact) mass is 183 g/mol. The van der Waals surface area contributed by atoms with E-state index in [9.17, 15) is 10.2 Å². The summed E-state index contributed by atoms with van der Waals surface area (Å²) in [5.41, 5.74) is 0.906. The number of aromatic nitrogens is 2. The van der Waals surface area contributed by atoms with Gasteiger partial charge in [-0.1, -0.05) is 0 Å². The van der Waals surface area contributed by atoms with Gasteiger partial charge in [0.2, 0.25) is 0 Å². The van der Waals surface area contributed by atoms with Gasteiger partial charge in [-0.05, 0) is 6.92 Å². The number of nitrogens with zero attached hydrogens (tertiary/aromatic N) is 2. The Morgan fingerprint density at radius 2 is 2.38 bits per heavy atom. The van der Waals surface area contributed by atoms with Gasteiger partial charge in [-0.15, -0.1) is 0 Å². The molecule has 0 aliphatic carbocycles. The van der Waals surface area contributed by atoms with Crippen LogP contribution in [-0.2, 0) is 0 Å². The molecule has 1 aliphatic rings. The van der Waals surface area contributed by atoms with Crippen molar-refractivity contribution >= 4 is 5.69 Å². The number of rotatable bonds is 1. The Hall–Kier alpha value is -1.07. The number of anilines is 1. The normalized spacial score (nSPS) is 34.1. The van der Waals surface area contributed by atoms with Gasteiger partial charge in [0.25, 0.3) is 0 Å². The molecule has 1 saturated heterocycles.